The third kappa shape index (κ3) is 4.11. The fourth-order valence-corrected chi connectivity index (χ4v) is 5.25. The first-order valence-electron chi connectivity index (χ1n) is 12.9. The Hall–Kier alpha value is -3.90. The van der Waals surface area contributed by atoms with Crippen LogP contribution in [0.5, 0.6) is 5.75 Å². The predicted octanol–water partition coefficient (Wildman–Crippen LogP) is 5.93. The highest BCUT2D eigenvalue weighted by molar-refractivity contribution is 6.09. The monoisotopic (exact) mass is 491 g/mol. The number of aromatic nitrogens is 3. The van der Waals surface area contributed by atoms with Crippen molar-refractivity contribution in [1.29, 1.82) is 0 Å². The second-order valence-corrected chi connectivity index (χ2v) is 10.2. The van der Waals surface area contributed by atoms with Gasteiger partial charge in [0.1, 0.15) is 11.4 Å². The molecule has 0 saturated carbocycles. The Kier molecular flexibility index (Phi) is 5.84. The average Bonchev–Trinajstić information content (AvgIpc) is 3.31. The highest BCUT2D eigenvalue weighted by atomic mass is 16.5. The molecular weight excluding hydrogens is 458 g/mol. The average molecular weight is 492 g/mol. The molecule has 188 valence electrons. The summed E-state index contributed by atoms with van der Waals surface area (Å²) >= 11 is 0. The van der Waals surface area contributed by atoms with Gasteiger partial charge in [0.15, 0.2) is 0 Å². The van der Waals surface area contributed by atoms with Crippen molar-refractivity contribution in [3.05, 3.63) is 77.5 Å². The number of likely N-dealkylation sites (N-methyl/N-ethyl adjacent to an activating group) is 1. The van der Waals surface area contributed by atoms with Gasteiger partial charge in [-0.1, -0.05) is 18.2 Å². The molecule has 1 saturated heterocycles. The van der Waals surface area contributed by atoms with Gasteiger partial charge in [0.25, 0.3) is 0 Å². The number of hydrogen-bond acceptors (Lipinski definition) is 5. The number of piperazine rings is 1. The SMILES string of the molecule is COc1ccc2ncc3c(-c4ccc(C)c(C)c4)nn(-c4cc(N5CCN(C)CC5)ccc4C)c3c2c1. The van der Waals surface area contributed by atoms with Crippen molar-refractivity contribution in [2.24, 2.45) is 0 Å². The van der Waals surface area contributed by atoms with Gasteiger partial charge in [-0.2, -0.15) is 5.10 Å². The first-order valence-corrected chi connectivity index (χ1v) is 12.9. The zero-order valence-electron chi connectivity index (χ0n) is 22.2. The number of ether oxygens (including phenoxy) is 1. The molecule has 1 fully saturated rings. The maximum absolute atomic E-state index is 5.60. The topological polar surface area (TPSA) is 46.4 Å². The Balaban J connectivity index is 1.62. The molecule has 37 heavy (non-hydrogen) atoms. The van der Waals surface area contributed by atoms with E-state index in [0.29, 0.717) is 0 Å². The number of aryl methyl sites for hydroxylation is 3. The van der Waals surface area contributed by atoms with Gasteiger partial charge in [-0.15, -0.1) is 0 Å². The first-order chi connectivity index (χ1) is 17.9. The van der Waals surface area contributed by atoms with E-state index in [1.54, 1.807) is 7.11 Å². The Morgan fingerprint density at radius 2 is 1.57 bits per heavy atom. The molecule has 0 radical (unpaired) electrons. The summed E-state index contributed by atoms with van der Waals surface area (Å²) in [7, 11) is 3.89. The summed E-state index contributed by atoms with van der Waals surface area (Å²) in [6, 6.07) is 19.4. The predicted molar refractivity (Wildman–Crippen MR) is 152 cm³/mol. The van der Waals surface area contributed by atoms with E-state index in [4.69, 9.17) is 14.8 Å². The molecule has 0 spiro atoms. The van der Waals surface area contributed by atoms with E-state index in [2.05, 4.69) is 84.8 Å². The van der Waals surface area contributed by atoms with Crippen molar-refractivity contribution >= 4 is 27.5 Å². The highest BCUT2D eigenvalue weighted by Gasteiger charge is 2.21. The van der Waals surface area contributed by atoms with Crippen LogP contribution in [0.3, 0.4) is 0 Å². The minimum Gasteiger partial charge on any atom is -0.497 e. The van der Waals surface area contributed by atoms with Crippen LogP contribution in [-0.2, 0) is 0 Å². The third-order valence-corrected chi connectivity index (χ3v) is 7.78. The molecule has 6 rings (SSSR count). The van der Waals surface area contributed by atoms with Gasteiger partial charge in [0.2, 0.25) is 0 Å². The number of anilines is 1. The number of rotatable bonds is 4. The van der Waals surface area contributed by atoms with Crippen molar-refractivity contribution in [3.8, 4) is 22.7 Å². The summed E-state index contributed by atoms with van der Waals surface area (Å²) in [6.45, 7) is 10.6. The molecule has 0 atom stereocenters. The zero-order valence-corrected chi connectivity index (χ0v) is 22.2. The summed E-state index contributed by atoms with van der Waals surface area (Å²) < 4.78 is 7.72. The van der Waals surface area contributed by atoms with E-state index < -0.39 is 0 Å². The fourth-order valence-electron chi connectivity index (χ4n) is 5.25. The van der Waals surface area contributed by atoms with Crippen LogP contribution in [-0.4, -0.2) is 60.0 Å². The minimum absolute atomic E-state index is 0.810. The standard InChI is InChI=1S/C31H33N5O/c1-20-6-8-23(16-22(20)3)30-27-19-32-28-11-10-25(37-5)18-26(28)31(27)36(33-30)29-17-24(9-7-21(29)2)35-14-12-34(4)13-15-35/h6-11,16-19H,12-15H2,1-5H3. The minimum atomic E-state index is 0.810. The van der Waals surface area contributed by atoms with Gasteiger partial charge in [0.05, 0.1) is 23.8 Å². The molecule has 0 amide bonds. The Morgan fingerprint density at radius 1 is 0.784 bits per heavy atom. The summed E-state index contributed by atoms with van der Waals surface area (Å²) in [5.41, 5.74) is 10.1. The third-order valence-electron chi connectivity index (χ3n) is 7.78. The zero-order chi connectivity index (χ0) is 25.7. The van der Waals surface area contributed by atoms with Crippen LogP contribution in [0.1, 0.15) is 16.7 Å². The van der Waals surface area contributed by atoms with Crippen molar-refractivity contribution in [2.45, 2.75) is 20.8 Å². The Bertz CT molecular complexity index is 1630. The lowest BCUT2D eigenvalue weighted by Crippen LogP contribution is -2.44. The summed E-state index contributed by atoms with van der Waals surface area (Å²) in [5.74, 6) is 0.810. The molecule has 0 bridgehead atoms. The number of fused-ring (bicyclic) bond motifs is 3. The first kappa shape index (κ1) is 23.5. The van der Waals surface area contributed by atoms with Crippen LogP contribution in [0.2, 0.25) is 0 Å². The van der Waals surface area contributed by atoms with Crippen LogP contribution in [0, 0.1) is 20.8 Å². The molecule has 0 aliphatic carbocycles. The van der Waals surface area contributed by atoms with Gasteiger partial charge in [-0.05, 0) is 80.9 Å². The number of methoxy groups -OCH3 is 1. The summed E-state index contributed by atoms with van der Waals surface area (Å²) in [6.07, 6.45) is 1.97. The van der Waals surface area contributed by atoms with Gasteiger partial charge in [0, 0.05) is 54.4 Å². The summed E-state index contributed by atoms with van der Waals surface area (Å²) in [5, 5.41) is 7.34. The van der Waals surface area contributed by atoms with E-state index >= 15 is 0 Å². The summed E-state index contributed by atoms with van der Waals surface area (Å²) in [4.78, 5) is 9.67. The van der Waals surface area contributed by atoms with Gasteiger partial charge >= 0.3 is 0 Å². The van der Waals surface area contributed by atoms with Crippen LogP contribution < -0.4 is 9.64 Å². The Morgan fingerprint density at radius 3 is 2.32 bits per heavy atom. The largest absolute Gasteiger partial charge is 0.497 e. The lowest BCUT2D eigenvalue weighted by molar-refractivity contribution is 0.313. The quantitative estimate of drug-likeness (QED) is 0.312. The van der Waals surface area contributed by atoms with Crippen LogP contribution in [0.25, 0.3) is 38.8 Å². The second kappa shape index (κ2) is 9.20. The van der Waals surface area contributed by atoms with E-state index in [-0.39, 0.29) is 0 Å². The number of hydrogen-bond donors (Lipinski definition) is 0. The van der Waals surface area contributed by atoms with Gasteiger partial charge in [-0.3, -0.25) is 4.98 Å². The maximum atomic E-state index is 5.60. The lowest BCUT2D eigenvalue weighted by atomic mass is 10.0. The van der Waals surface area contributed by atoms with Crippen LogP contribution >= 0.6 is 0 Å². The van der Waals surface area contributed by atoms with E-state index in [1.165, 1.54) is 22.4 Å². The van der Waals surface area contributed by atoms with E-state index in [1.807, 2.05) is 18.3 Å². The molecule has 0 unspecified atom stereocenters. The van der Waals surface area contributed by atoms with Crippen molar-refractivity contribution in [2.75, 3.05) is 45.2 Å². The van der Waals surface area contributed by atoms with E-state index in [0.717, 1.165) is 70.7 Å². The number of pyridine rings is 1. The molecule has 1 aliphatic heterocycles. The normalized spacial score (nSPS) is 14.6. The molecule has 1 aliphatic rings. The van der Waals surface area contributed by atoms with Gasteiger partial charge < -0.3 is 14.5 Å². The van der Waals surface area contributed by atoms with Crippen LogP contribution in [0.15, 0.2) is 60.8 Å². The highest BCUT2D eigenvalue weighted by Crippen LogP contribution is 2.37. The van der Waals surface area contributed by atoms with Crippen molar-refractivity contribution < 1.29 is 4.74 Å². The molecule has 0 N–H and O–H groups in total. The van der Waals surface area contributed by atoms with Crippen molar-refractivity contribution in [3.63, 3.8) is 0 Å². The molecular formula is C31H33N5O. The second-order valence-electron chi connectivity index (χ2n) is 10.2. The molecule has 5 aromatic rings. The van der Waals surface area contributed by atoms with E-state index in [9.17, 15) is 0 Å². The molecule has 2 aromatic heterocycles. The lowest BCUT2D eigenvalue weighted by Gasteiger charge is -2.34. The molecule has 3 aromatic carbocycles. The fraction of sp³-hybridized carbons (Fsp3) is 0.290. The van der Waals surface area contributed by atoms with Crippen molar-refractivity contribution in [1.82, 2.24) is 19.7 Å². The smallest absolute Gasteiger partial charge is 0.119 e. The molecule has 3 heterocycles. The number of nitrogens with zero attached hydrogens (tertiary/aromatic N) is 5. The molecule has 6 heteroatoms. The maximum Gasteiger partial charge on any atom is 0.119 e. The van der Waals surface area contributed by atoms with Gasteiger partial charge in [-0.25, -0.2) is 4.68 Å². The Labute approximate surface area is 218 Å². The molecule has 6 nitrogen and oxygen atoms in total. The number of benzene rings is 3. The van der Waals surface area contributed by atoms with Crippen LogP contribution in [0.4, 0.5) is 5.69 Å².